The van der Waals surface area contributed by atoms with Gasteiger partial charge in [-0.15, -0.1) is 0 Å². The van der Waals surface area contributed by atoms with Crippen molar-refractivity contribution in [3.05, 3.63) is 154 Å². The topological polar surface area (TPSA) is 446 Å². The molecular formula is C90H117N11O20S. The molecule has 0 spiro atoms. The molecule has 2 saturated carbocycles. The molecule has 5 aromatic carbocycles. The van der Waals surface area contributed by atoms with E-state index in [0.717, 1.165) is 78.3 Å². The summed E-state index contributed by atoms with van der Waals surface area (Å²) in [6.07, 6.45) is 6.02. The van der Waals surface area contributed by atoms with Gasteiger partial charge in [-0.05, 0) is 187 Å². The summed E-state index contributed by atoms with van der Waals surface area (Å²) in [5, 5.41) is 34.7. The number of benzene rings is 5. The van der Waals surface area contributed by atoms with Crippen molar-refractivity contribution in [2.24, 2.45) is 34.3 Å². The molecule has 9 atom stereocenters. The van der Waals surface area contributed by atoms with Crippen molar-refractivity contribution in [2.45, 2.75) is 193 Å². The van der Waals surface area contributed by atoms with E-state index in [-0.39, 0.29) is 158 Å². The molecule has 4 aliphatic carbocycles. The highest BCUT2D eigenvalue weighted by Crippen LogP contribution is 2.60. The highest BCUT2D eigenvalue weighted by molar-refractivity contribution is 7.85. The number of aryl methyl sites for hydroxylation is 2. The second-order valence-corrected chi connectivity index (χ2v) is 35.0. The molecule has 0 bridgehead atoms. The quantitative estimate of drug-likeness (QED) is 0.00761. The summed E-state index contributed by atoms with van der Waals surface area (Å²) in [6.45, 7) is 13.0. The Morgan fingerprint density at radius 2 is 1.11 bits per heavy atom. The van der Waals surface area contributed by atoms with Gasteiger partial charge in [-0.1, -0.05) is 121 Å². The van der Waals surface area contributed by atoms with Gasteiger partial charge in [-0.25, -0.2) is 9.59 Å². The molecule has 2 fully saturated rings. The van der Waals surface area contributed by atoms with Crippen LogP contribution in [-0.2, 0) is 114 Å². The summed E-state index contributed by atoms with van der Waals surface area (Å²) in [4.78, 5) is 151. The fourth-order valence-corrected chi connectivity index (χ4v) is 18.4. The number of rotatable bonds is 41. The first kappa shape index (κ1) is 93.4. The van der Waals surface area contributed by atoms with E-state index in [2.05, 4.69) is 73.5 Å². The number of hydrogen-bond donors (Lipinski definition) is 12. The second kappa shape index (κ2) is 43.3. The van der Waals surface area contributed by atoms with E-state index in [4.69, 9.17) is 29.4 Å². The fourth-order valence-electron chi connectivity index (χ4n) is 18.0. The number of primary amides is 1. The number of imide groups is 1. The minimum atomic E-state index is -4.42. The van der Waals surface area contributed by atoms with Gasteiger partial charge in [-0.3, -0.25) is 58.3 Å². The van der Waals surface area contributed by atoms with Gasteiger partial charge in [0.15, 0.2) is 0 Å². The van der Waals surface area contributed by atoms with Crippen LogP contribution in [0, 0.1) is 40.4 Å². The molecule has 658 valence electrons. The maximum absolute atomic E-state index is 14.8. The first-order chi connectivity index (χ1) is 58.3. The van der Waals surface area contributed by atoms with E-state index >= 15 is 0 Å². The number of nitrogens with one attached hydrogen (secondary N) is 9. The Kier molecular flexibility index (Phi) is 33.2. The number of urea groups is 1. The third-order valence-electron chi connectivity index (χ3n) is 24.5. The highest BCUT2D eigenvalue weighted by atomic mass is 32.2. The fraction of sp³-hybridized carbons (Fsp3) is 0.522. The maximum atomic E-state index is 14.8. The van der Waals surface area contributed by atoms with Gasteiger partial charge in [0.1, 0.15) is 30.5 Å². The number of para-hydroxylation sites is 1. The van der Waals surface area contributed by atoms with Crippen LogP contribution in [-0.4, -0.2) is 180 Å². The number of aromatic hydroxyl groups is 1. The molecule has 13 N–H and O–H groups in total. The van der Waals surface area contributed by atoms with Crippen LogP contribution >= 0.6 is 0 Å². The minimum absolute atomic E-state index is 0.00106. The van der Waals surface area contributed by atoms with E-state index in [9.17, 15) is 70.8 Å². The smallest absolute Gasteiger partial charge is 0.411 e. The molecular weight excluding hydrogens is 1590 g/mol. The van der Waals surface area contributed by atoms with Gasteiger partial charge in [0.2, 0.25) is 53.2 Å². The van der Waals surface area contributed by atoms with Gasteiger partial charge >= 0.3 is 12.1 Å². The molecule has 10 rings (SSSR count). The molecule has 0 radical (unpaired) electrons. The average molecular weight is 1710 g/mol. The number of nitrogens with zero attached hydrogens (tertiary/aromatic N) is 1. The Morgan fingerprint density at radius 1 is 0.549 bits per heavy atom. The van der Waals surface area contributed by atoms with E-state index in [0.29, 0.717) is 48.4 Å². The zero-order valence-corrected chi connectivity index (χ0v) is 71.3. The van der Waals surface area contributed by atoms with Crippen LogP contribution in [0.4, 0.5) is 26.7 Å². The van der Waals surface area contributed by atoms with E-state index in [1.165, 1.54) is 5.56 Å². The Hall–Kier alpha value is -10.8. The number of carbonyl (C=O) groups is 11. The number of amides is 12. The molecule has 5 aromatic rings. The van der Waals surface area contributed by atoms with Crippen LogP contribution in [0.2, 0.25) is 0 Å². The minimum Gasteiger partial charge on any atom is -0.508 e. The lowest BCUT2D eigenvalue weighted by Crippen LogP contribution is -2.60. The number of carbonyl (C=O) groups excluding carboxylic acids is 11. The molecule has 1 heterocycles. The SMILES string of the molecule is CC(C)[C@H](NC(=O)[C@@H](CCC(=O)NCCS(=O)(=O)O)NC(=O)CCOCCOCCOCCOCCNC(=O)CCC(=O)N1Cc2ccccc2C#Cc2ccccc21)C(=O)N[C@@H](CCCNC(N)=O)C(=O)Nc1ccc(COC(=O)Nc2ccc3c(c2)[C@@]2(C)CCC[C@](C)(C(=O)NC(=O)[C@@]4(C)CCC[C@]5(C)c6cc(O)ccc6CC[C@@H]45)C2CC3)cc1. The number of hydrogen-bond acceptors (Lipinski definition) is 19. The number of anilines is 3. The molecule has 32 heteroatoms. The van der Waals surface area contributed by atoms with Crippen molar-refractivity contribution in [3.8, 4) is 17.6 Å². The van der Waals surface area contributed by atoms with Crippen LogP contribution in [0.1, 0.15) is 182 Å². The lowest BCUT2D eigenvalue weighted by Gasteiger charge is -2.56. The lowest BCUT2D eigenvalue weighted by molar-refractivity contribution is -0.150. The van der Waals surface area contributed by atoms with Crippen molar-refractivity contribution in [1.82, 2.24) is 37.2 Å². The normalized spacial score (nSPS) is 20.6. The van der Waals surface area contributed by atoms with Gasteiger partial charge in [0.25, 0.3) is 10.1 Å². The van der Waals surface area contributed by atoms with Crippen LogP contribution in [0.25, 0.3) is 0 Å². The third kappa shape index (κ3) is 25.2. The van der Waals surface area contributed by atoms with Gasteiger partial charge in [-0.2, -0.15) is 8.42 Å². The van der Waals surface area contributed by atoms with Crippen LogP contribution in [0.5, 0.6) is 5.75 Å². The monoisotopic (exact) mass is 1700 g/mol. The van der Waals surface area contributed by atoms with Crippen molar-refractivity contribution >= 4 is 92.5 Å². The molecule has 0 aromatic heterocycles. The molecule has 122 heavy (non-hydrogen) atoms. The maximum Gasteiger partial charge on any atom is 0.411 e. The van der Waals surface area contributed by atoms with Gasteiger partial charge in [0.05, 0.1) is 81.7 Å². The van der Waals surface area contributed by atoms with Crippen molar-refractivity contribution in [3.63, 3.8) is 0 Å². The zero-order chi connectivity index (χ0) is 87.8. The number of phenols is 1. The Balaban J connectivity index is 0.644. The molecule has 5 aliphatic rings. The summed E-state index contributed by atoms with van der Waals surface area (Å²) >= 11 is 0. The van der Waals surface area contributed by atoms with Crippen LogP contribution in [0.3, 0.4) is 0 Å². The van der Waals surface area contributed by atoms with Crippen molar-refractivity contribution in [1.29, 1.82) is 0 Å². The summed E-state index contributed by atoms with van der Waals surface area (Å²) in [5.41, 5.74) is 11.9. The summed E-state index contributed by atoms with van der Waals surface area (Å²) < 4.78 is 59.8. The van der Waals surface area contributed by atoms with Gasteiger partial charge in [0, 0.05) is 67.8 Å². The van der Waals surface area contributed by atoms with Crippen LogP contribution in [0.15, 0.2) is 109 Å². The second-order valence-electron chi connectivity index (χ2n) is 33.4. The predicted octanol–water partition coefficient (Wildman–Crippen LogP) is 8.09. The first-order valence-electron chi connectivity index (χ1n) is 42.1. The number of ether oxygens (including phenoxy) is 5. The largest absolute Gasteiger partial charge is 0.508 e. The molecule has 1 aliphatic heterocycles. The zero-order valence-electron chi connectivity index (χ0n) is 70.5. The molecule has 1 unspecified atom stereocenters. The van der Waals surface area contributed by atoms with Crippen molar-refractivity contribution in [2.75, 3.05) is 93.8 Å². The molecule has 0 saturated heterocycles. The highest BCUT2D eigenvalue weighted by Gasteiger charge is 2.59. The van der Waals surface area contributed by atoms with E-state index < -0.39 is 111 Å². The number of nitrogens with two attached hydrogens (primary N) is 1. The molecule has 12 amide bonds. The van der Waals surface area contributed by atoms with E-state index in [1.807, 2.05) is 92.7 Å². The summed E-state index contributed by atoms with van der Waals surface area (Å²) in [5.74, 6) is 0.341. The lowest BCUT2D eigenvalue weighted by atomic mass is 9.49. The van der Waals surface area contributed by atoms with Crippen LogP contribution < -0.4 is 58.5 Å². The predicted molar refractivity (Wildman–Crippen MR) is 455 cm³/mol. The Labute approximate surface area is 712 Å². The Bertz CT molecular complexity index is 4790. The van der Waals surface area contributed by atoms with Gasteiger partial charge < -0.3 is 76.6 Å². The Morgan fingerprint density at radius 3 is 1.75 bits per heavy atom. The third-order valence-corrected chi connectivity index (χ3v) is 25.3. The summed E-state index contributed by atoms with van der Waals surface area (Å²) in [6, 6.07) is 28.0. The summed E-state index contributed by atoms with van der Waals surface area (Å²) in [7, 11) is -4.42. The number of fused-ring (bicyclic) bond motifs is 8. The number of phenolic OH excluding ortho intramolecular Hbond substituents is 1. The molecule has 31 nitrogen and oxygen atoms in total. The van der Waals surface area contributed by atoms with E-state index in [1.54, 1.807) is 49.1 Å². The average Bonchev–Trinajstić information content (AvgIpc) is 0.720. The van der Waals surface area contributed by atoms with Crippen molar-refractivity contribution < 1.29 is 94.5 Å². The first-order valence-corrected chi connectivity index (χ1v) is 43.8. The standard InChI is InChI=1S/C90H117N11O20S/c1-58(2)79(99-81(108)71(31-34-75(103)93-44-53-122(114,115)116)97-77(105)37-45-117-47-49-119-51-52-120-50-48-118-46-43-92-76(104)35-36-78(106)101-56-64-16-8-7-14-60(64)21-22-63-15-9-10-18-72(63)101)82(109)98-70(17-11-42-94-85(91)112)80(107)95-65-27-19-59(20-28-65)57-121-86(113)96-66-29-23-61-25-32-73-87(3,68(61)54-66)38-12-40-89(73,5)83(110)100-84(111)90(6)41-13-39-88(4)69-55-67(102)30-24-62(69)26-33-74(88)90/h7-10,14-16,18-20,23-24,27-30,54-55,58,70-71,73-74,79,102H,11-13,17,25-26,31-53,56-57H2,1-6H3,(H,92,104)(H,93,103)(H,95,107)(H,96,113)(H,97,105)(H,98,109)(H,99,108)(H3,91,94,112)(H,100,110,111)(H,114,115,116)/t70-,71+,73?,74+,79-,87+,88+,89-,90-/m0/s1.